The lowest BCUT2D eigenvalue weighted by Gasteiger charge is -2.13. The van der Waals surface area contributed by atoms with Crippen molar-refractivity contribution in [2.24, 2.45) is 0 Å². The number of rotatable bonds is 4. The van der Waals surface area contributed by atoms with Crippen molar-refractivity contribution in [1.29, 1.82) is 0 Å². The molecule has 0 amide bonds. The molecule has 0 spiro atoms. The van der Waals surface area contributed by atoms with Crippen LogP contribution in [0.5, 0.6) is 5.75 Å². The molecule has 0 aliphatic carbocycles. The minimum absolute atomic E-state index is 0.0295. The Kier molecular flexibility index (Phi) is 4.47. The summed E-state index contributed by atoms with van der Waals surface area (Å²) in [5.74, 6) is -0.569. The van der Waals surface area contributed by atoms with Crippen LogP contribution in [-0.4, -0.2) is 18.3 Å². The third-order valence-electron chi connectivity index (χ3n) is 2.75. The zero-order chi connectivity index (χ0) is 15.5. The molecule has 2 rings (SSSR count). The molecule has 112 valence electrons. The molecule has 6 heteroatoms. The quantitative estimate of drug-likeness (QED) is 0.868. The number of benzene rings is 2. The van der Waals surface area contributed by atoms with Crippen molar-refractivity contribution in [2.75, 3.05) is 13.2 Å². The Morgan fingerprint density at radius 1 is 1.00 bits per heavy atom. The summed E-state index contributed by atoms with van der Waals surface area (Å²) in [6.07, 6.45) is -4.54. The van der Waals surface area contributed by atoms with Crippen molar-refractivity contribution in [3.63, 3.8) is 0 Å². The van der Waals surface area contributed by atoms with Gasteiger partial charge in [0.15, 0.2) is 0 Å². The van der Waals surface area contributed by atoms with Gasteiger partial charge in [-0.2, -0.15) is 13.2 Å². The fourth-order valence-corrected chi connectivity index (χ4v) is 1.84. The van der Waals surface area contributed by atoms with Gasteiger partial charge in [0.1, 0.15) is 18.2 Å². The van der Waals surface area contributed by atoms with Crippen molar-refractivity contribution in [2.45, 2.75) is 6.18 Å². The Bertz CT molecular complexity index is 623. The van der Waals surface area contributed by atoms with Crippen LogP contribution in [0, 0.1) is 5.82 Å². The van der Waals surface area contributed by atoms with Crippen LogP contribution in [0.3, 0.4) is 0 Å². The summed E-state index contributed by atoms with van der Waals surface area (Å²) >= 11 is 0. The summed E-state index contributed by atoms with van der Waals surface area (Å²) in [6.45, 7) is -0.435. The standard InChI is InChI=1S/C15H12F4O2/c16-13-3-1-2-10(7-13)11-6-12(15(17,18)19)9-14(8-11)21-5-4-20/h1-3,6-9,20H,4-5H2. The van der Waals surface area contributed by atoms with Crippen LogP contribution in [0.2, 0.25) is 0 Å². The highest BCUT2D eigenvalue weighted by Crippen LogP contribution is 2.35. The van der Waals surface area contributed by atoms with Gasteiger partial charge >= 0.3 is 6.18 Å². The van der Waals surface area contributed by atoms with Crippen molar-refractivity contribution in [1.82, 2.24) is 0 Å². The van der Waals surface area contributed by atoms with E-state index in [0.29, 0.717) is 5.56 Å². The minimum atomic E-state index is -4.54. The molecule has 0 atom stereocenters. The second-order valence-electron chi connectivity index (χ2n) is 4.33. The highest BCUT2D eigenvalue weighted by atomic mass is 19.4. The van der Waals surface area contributed by atoms with Gasteiger partial charge in [0.2, 0.25) is 0 Å². The molecular weight excluding hydrogens is 288 g/mol. The third-order valence-corrected chi connectivity index (χ3v) is 2.75. The van der Waals surface area contributed by atoms with E-state index >= 15 is 0 Å². The fourth-order valence-electron chi connectivity index (χ4n) is 1.84. The molecule has 0 saturated carbocycles. The van der Waals surface area contributed by atoms with Gasteiger partial charge < -0.3 is 9.84 Å². The largest absolute Gasteiger partial charge is 0.491 e. The maximum absolute atomic E-state index is 13.2. The number of aliphatic hydroxyl groups is 1. The smallest absolute Gasteiger partial charge is 0.416 e. The van der Waals surface area contributed by atoms with Gasteiger partial charge in [-0.05, 0) is 41.5 Å². The zero-order valence-corrected chi connectivity index (χ0v) is 10.8. The number of ether oxygens (including phenoxy) is 1. The molecule has 0 aromatic heterocycles. The Hall–Kier alpha value is -2.08. The lowest BCUT2D eigenvalue weighted by molar-refractivity contribution is -0.137. The van der Waals surface area contributed by atoms with Crippen LogP contribution < -0.4 is 4.74 Å². The normalized spacial score (nSPS) is 11.5. The van der Waals surface area contributed by atoms with E-state index in [0.717, 1.165) is 18.2 Å². The van der Waals surface area contributed by atoms with Crippen molar-refractivity contribution >= 4 is 0 Å². The average Bonchev–Trinajstić information content (AvgIpc) is 2.44. The lowest BCUT2D eigenvalue weighted by atomic mass is 10.0. The third kappa shape index (κ3) is 3.95. The molecule has 1 N–H and O–H groups in total. The molecule has 0 aliphatic heterocycles. The summed E-state index contributed by atoms with van der Waals surface area (Å²) in [6, 6.07) is 8.43. The van der Waals surface area contributed by atoms with Crippen molar-refractivity contribution in [3.8, 4) is 16.9 Å². The zero-order valence-electron chi connectivity index (χ0n) is 10.8. The first-order valence-electron chi connectivity index (χ1n) is 6.12. The van der Waals surface area contributed by atoms with Crippen molar-refractivity contribution < 1.29 is 27.4 Å². The van der Waals surface area contributed by atoms with E-state index in [1.165, 1.54) is 24.3 Å². The van der Waals surface area contributed by atoms with E-state index in [4.69, 9.17) is 9.84 Å². The van der Waals surface area contributed by atoms with Crippen molar-refractivity contribution in [3.05, 3.63) is 53.8 Å². The Morgan fingerprint density at radius 2 is 1.76 bits per heavy atom. The summed E-state index contributed by atoms with van der Waals surface area (Å²) in [7, 11) is 0. The number of alkyl halides is 3. The Balaban J connectivity index is 2.49. The first-order chi connectivity index (χ1) is 9.90. The van der Waals surface area contributed by atoms with E-state index in [-0.39, 0.29) is 24.5 Å². The number of halogens is 4. The van der Waals surface area contributed by atoms with Gasteiger partial charge in [-0.3, -0.25) is 0 Å². The molecule has 0 aliphatic rings. The predicted octanol–water partition coefficient (Wildman–Crippen LogP) is 3.88. The van der Waals surface area contributed by atoms with E-state index in [9.17, 15) is 17.6 Å². The van der Waals surface area contributed by atoms with E-state index in [1.807, 2.05) is 0 Å². The van der Waals surface area contributed by atoms with Crippen LogP contribution in [0.4, 0.5) is 17.6 Å². The average molecular weight is 300 g/mol. The molecule has 0 unspecified atom stereocenters. The molecule has 0 radical (unpaired) electrons. The molecule has 2 aromatic carbocycles. The summed E-state index contributed by atoms with van der Waals surface area (Å²) < 4.78 is 56.9. The number of aliphatic hydroxyl groups excluding tert-OH is 1. The van der Waals surface area contributed by atoms with Gasteiger partial charge in [0.25, 0.3) is 0 Å². The molecule has 21 heavy (non-hydrogen) atoms. The second-order valence-corrected chi connectivity index (χ2v) is 4.33. The van der Waals surface area contributed by atoms with Crippen LogP contribution in [0.25, 0.3) is 11.1 Å². The first-order valence-corrected chi connectivity index (χ1v) is 6.12. The monoisotopic (exact) mass is 300 g/mol. The van der Waals surface area contributed by atoms with Crippen LogP contribution in [-0.2, 0) is 6.18 Å². The summed E-state index contributed by atoms with van der Waals surface area (Å²) in [4.78, 5) is 0. The maximum Gasteiger partial charge on any atom is 0.416 e. The minimum Gasteiger partial charge on any atom is -0.491 e. The molecule has 0 bridgehead atoms. The molecule has 0 fully saturated rings. The molecule has 0 heterocycles. The predicted molar refractivity (Wildman–Crippen MR) is 69.4 cm³/mol. The lowest BCUT2D eigenvalue weighted by Crippen LogP contribution is -2.07. The number of hydrogen-bond acceptors (Lipinski definition) is 2. The van der Waals surface area contributed by atoms with Gasteiger partial charge in [-0.1, -0.05) is 12.1 Å². The fraction of sp³-hybridized carbons (Fsp3) is 0.200. The summed E-state index contributed by atoms with van der Waals surface area (Å²) in [5, 5.41) is 8.68. The van der Waals surface area contributed by atoms with Gasteiger partial charge in [-0.25, -0.2) is 4.39 Å². The topological polar surface area (TPSA) is 29.5 Å². The molecular formula is C15H12F4O2. The van der Waals surface area contributed by atoms with Gasteiger partial charge in [0.05, 0.1) is 12.2 Å². The van der Waals surface area contributed by atoms with Gasteiger partial charge in [-0.15, -0.1) is 0 Å². The Morgan fingerprint density at radius 3 is 2.38 bits per heavy atom. The van der Waals surface area contributed by atoms with E-state index in [2.05, 4.69) is 0 Å². The highest BCUT2D eigenvalue weighted by molar-refractivity contribution is 5.66. The SMILES string of the molecule is OCCOc1cc(-c2cccc(F)c2)cc(C(F)(F)F)c1. The maximum atomic E-state index is 13.2. The molecule has 0 saturated heterocycles. The van der Waals surface area contributed by atoms with Crippen LogP contribution in [0.15, 0.2) is 42.5 Å². The number of hydrogen-bond donors (Lipinski definition) is 1. The van der Waals surface area contributed by atoms with E-state index < -0.39 is 17.6 Å². The van der Waals surface area contributed by atoms with Gasteiger partial charge in [0, 0.05) is 0 Å². The molecule has 2 aromatic rings. The summed E-state index contributed by atoms with van der Waals surface area (Å²) in [5.41, 5.74) is -0.385. The molecule has 2 nitrogen and oxygen atoms in total. The van der Waals surface area contributed by atoms with E-state index in [1.54, 1.807) is 0 Å². The second kappa shape index (κ2) is 6.13. The van der Waals surface area contributed by atoms with Crippen LogP contribution >= 0.6 is 0 Å². The first kappa shape index (κ1) is 15.3. The highest BCUT2D eigenvalue weighted by Gasteiger charge is 2.31. The van der Waals surface area contributed by atoms with Crippen LogP contribution in [0.1, 0.15) is 5.56 Å². The Labute approximate surface area is 118 Å².